The molecule has 8 heteroatoms. The molecule has 1 unspecified atom stereocenters. The molecule has 1 aromatic rings. The quantitative estimate of drug-likeness (QED) is 0.811. The van der Waals surface area contributed by atoms with E-state index < -0.39 is 0 Å². The molecule has 0 aliphatic carbocycles. The van der Waals surface area contributed by atoms with E-state index in [2.05, 4.69) is 10.3 Å². The summed E-state index contributed by atoms with van der Waals surface area (Å²) in [6.45, 7) is 2.44. The normalized spacial score (nSPS) is 19.3. The average Bonchev–Trinajstić information content (AvgIpc) is 2.85. The summed E-state index contributed by atoms with van der Waals surface area (Å²) in [6.07, 6.45) is 0. The zero-order valence-electron chi connectivity index (χ0n) is 10.5. The lowest BCUT2D eigenvalue weighted by atomic mass is 10.2. The first-order valence-corrected chi connectivity index (χ1v) is 6.72. The minimum atomic E-state index is -0.341. The first-order chi connectivity index (χ1) is 9.11. The van der Waals surface area contributed by atoms with Gasteiger partial charge in [0.1, 0.15) is 5.69 Å². The number of nitrogens with zero attached hydrogens (tertiary/aromatic N) is 2. The van der Waals surface area contributed by atoms with Crippen molar-refractivity contribution in [1.29, 1.82) is 0 Å². The highest BCUT2D eigenvalue weighted by Crippen LogP contribution is 2.18. The number of morpholine rings is 1. The Labute approximate surface area is 114 Å². The fourth-order valence-corrected chi connectivity index (χ4v) is 2.53. The van der Waals surface area contributed by atoms with Gasteiger partial charge in [0.25, 0.3) is 5.91 Å². The summed E-state index contributed by atoms with van der Waals surface area (Å²) in [5.74, 6) is -0.483. The third kappa shape index (κ3) is 3.28. The molecule has 7 nitrogen and oxygen atoms in total. The summed E-state index contributed by atoms with van der Waals surface area (Å²) in [5, 5.41) is 13.8. The summed E-state index contributed by atoms with van der Waals surface area (Å²) in [6, 6.07) is -0.341. The van der Waals surface area contributed by atoms with E-state index in [9.17, 15) is 14.7 Å². The van der Waals surface area contributed by atoms with Gasteiger partial charge in [0.2, 0.25) is 5.91 Å². The van der Waals surface area contributed by atoms with Crippen LogP contribution in [-0.2, 0) is 9.53 Å². The van der Waals surface area contributed by atoms with Gasteiger partial charge in [0.15, 0.2) is 5.13 Å². The number of rotatable bonds is 3. The van der Waals surface area contributed by atoms with Crippen molar-refractivity contribution in [2.24, 2.45) is 0 Å². The van der Waals surface area contributed by atoms with Gasteiger partial charge in [0, 0.05) is 18.8 Å². The van der Waals surface area contributed by atoms with Crippen LogP contribution < -0.4 is 5.32 Å². The lowest BCUT2D eigenvalue weighted by Gasteiger charge is -2.33. The minimum Gasteiger partial charge on any atom is -0.394 e. The van der Waals surface area contributed by atoms with E-state index in [0.29, 0.717) is 24.9 Å². The largest absolute Gasteiger partial charge is 0.394 e. The Hall–Kier alpha value is -1.51. The van der Waals surface area contributed by atoms with E-state index in [0.717, 1.165) is 0 Å². The molecule has 1 aliphatic heterocycles. The molecule has 1 saturated heterocycles. The van der Waals surface area contributed by atoms with Crippen molar-refractivity contribution >= 4 is 28.3 Å². The Bertz CT molecular complexity index is 476. The second kappa shape index (κ2) is 6.09. The Morgan fingerprint density at radius 3 is 3.16 bits per heavy atom. The van der Waals surface area contributed by atoms with Crippen molar-refractivity contribution in [3.05, 3.63) is 11.1 Å². The monoisotopic (exact) mass is 285 g/mol. The first-order valence-electron chi connectivity index (χ1n) is 5.84. The molecule has 0 radical (unpaired) electrons. The maximum Gasteiger partial charge on any atom is 0.273 e. The number of ether oxygens (including phenoxy) is 1. The second-order valence-corrected chi connectivity index (χ2v) is 4.99. The average molecular weight is 285 g/mol. The topological polar surface area (TPSA) is 91.8 Å². The van der Waals surface area contributed by atoms with Gasteiger partial charge < -0.3 is 20.1 Å². The highest BCUT2D eigenvalue weighted by atomic mass is 32.1. The molecule has 0 aromatic carbocycles. The number of anilines is 1. The first kappa shape index (κ1) is 13.9. The molecule has 0 saturated carbocycles. The molecule has 1 atom stereocenters. The van der Waals surface area contributed by atoms with Gasteiger partial charge in [-0.3, -0.25) is 9.59 Å². The van der Waals surface area contributed by atoms with Crippen LogP contribution in [0.2, 0.25) is 0 Å². The SMILES string of the molecule is CC(=O)Nc1nc(C(=O)N2CCOCC2CO)cs1. The van der Waals surface area contributed by atoms with E-state index >= 15 is 0 Å². The zero-order chi connectivity index (χ0) is 13.8. The summed E-state index contributed by atoms with van der Waals surface area (Å²) in [5.41, 5.74) is 0.272. The van der Waals surface area contributed by atoms with Gasteiger partial charge in [-0.1, -0.05) is 0 Å². The smallest absolute Gasteiger partial charge is 0.273 e. The molecule has 0 bridgehead atoms. The number of thiazole rings is 1. The van der Waals surface area contributed by atoms with Crippen LogP contribution in [0.5, 0.6) is 0 Å². The third-order valence-electron chi connectivity index (χ3n) is 2.71. The third-order valence-corrected chi connectivity index (χ3v) is 3.46. The molecule has 2 N–H and O–H groups in total. The van der Waals surface area contributed by atoms with Crippen LogP contribution in [0.1, 0.15) is 17.4 Å². The van der Waals surface area contributed by atoms with Crippen molar-refractivity contribution in [3.63, 3.8) is 0 Å². The second-order valence-electron chi connectivity index (χ2n) is 4.13. The number of carbonyl (C=O) groups is 2. The number of aromatic nitrogens is 1. The summed E-state index contributed by atoms with van der Waals surface area (Å²) in [4.78, 5) is 28.8. The predicted octanol–water partition coefficient (Wildman–Crippen LogP) is -0.0652. The van der Waals surface area contributed by atoms with Gasteiger partial charge in [-0.25, -0.2) is 4.98 Å². The molecule has 2 rings (SSSR count). The van der Waals surface area contributed by atoms with Crippen molar-refractivity contribution in [3.8, 4) is 0 Å². The summed E-state index contributed by atoms with van der Waals surface area (Å²) >= 11 is 1.19. The number of nitrogens with one attached hydrogen (secondary N) is 1. The lowest BCUT2D eigenvalue weighted by molar-refractivity contribution is -0.114. The molecule has 2 heterocycles. The van der Waals surface area contributed by atoms with Crippen molar-refractivity contribution in [1.82, 2.24) is 9.88 Å². The molecule has 1 fully saturated rings. The lowest BCUT2D eigenvalue weighted by Crippen LogP contribution is -2.50. The number of amides is 2. The van der Waals surface area contributed by atoms with Gasteiger partial charge in [0.05, 0.1) is 25.9 Å². The van der Waals surface area contributed by atoms with E-state index in [1.165, 1.54) is 18.3 Å². The molecule has 104 valence electrons. The molecule has 1 aliphatic rings. The Morgan fingerprint density at radius 1 is 1.68 bits per heavy atom. The molecular weight excluding hydrogens is 270 g/mol. The highest BCUT2D eigenvalue weighted by molar-refractivity contribution is 7.14. The van der Waals surface area contributed by atoms with Crippen molar-refractivity contribution < 1.29 is 19.4 Å². The predicted molar refractivity (Wildman–Crippen MR) is 69.1 cm³/mol. The van der Waals surface area contributed by atoms with E-state index in [4.69, 9.17) is 4.74 Å². The number of hydrogen-bond acceptors (Lipinski definition) is 6. The zero-order valence-corrected chi connectivity index (χ0v) is 11.3. The van der Waals surface area contributed by atoms with Gasteiger partial charge >= 0.3 is 0 Å². The standard InChI is InChI=1S/C11H15N3O4S/c1-7(16)12-11-13-9(6-19-11)10(17)14-2-3-18-5-8(14)4-15/h6,8,15H,2-5H2,1H3,(H,12,13,16). The molecular formula is C11H15N3O4S. The number of hydrogen-bond donors (Lipinski definition) is 2. The fourth-order valence-electron chi connectivity index (χ4n) is 1.80. The molecule has 0 spiro atoms. The van der Waals surface area contributed by atoms with Gasteiger partial charge in [-0.15, -0.1) is 11.3 Å². The summed E-state index contributed by atoms with van der Waals surface area (Å²) in [7, 11) is 0. The van der Waals surface area contributed by atoms with E-state index in [1.54, 1.807) is 10.3 Å². The van der Waals surface area contributed by atoms with Crippen molar-refractivity contribution in [2.75, 3.05) is 31.7 Å². The molecule has 1 aromatic heterocycles. The maximum absolute atomic E-state index is 12.3. The van der Waals surface area contributed by atoms with Crippen LogP contribution in [0, 0.1) is 0 Å². The van der Waals surface area contributed by atoms with Crippen LogP contribution in [0.25, 0.3) is 0 Å². The Balaban J connectivity index is 2.09. The number of aliphatic hydroxyl groups is 1. The Kier molecular flexibility index (Phi) is 4.46. The van der Waals surface area contributed by atoms with Crippen LogP contribution in [0.15, 0.2) is 5.38 Å². The number of aliphatic hydroxyl groups excluding tert-OH is 1. The maximum atomic E-state index is 12.3. The minimum absolute atomic E-state index is 0.144. The fraction of sp³-hybridized carbons (Fsp3) is 0.545. The number of carbonyl (C=O) groups excluding carboxylic acids is 2. The van der Waals surface area contributed by atoms with Gasteiger partial charge in [-0.05, 0) is 0 Å². The van der Waals surface area contributed by atoms with Crippen LogP contribution >= 0.6 is 11.3 Å². The van der Waals surface area contributed by atoms with E-state index in [1.807, 2.05) is 0 Å². The van der Waals surface area contributed by atoms with E-state index in [-0.39, 0.29) is 30.2 Å². The molecule has 19 heavy (non-hydrogen) atoms. The molecule has 2 amide bonds. The Morgan fingerprint density at radius 2 is 2.47 bits per heavy atom. The van der Waals surface area contributed by atoms with Crippen LogP contribution in [0.4, 0.5) is 5.13 Å². The highest BCUT2D eigenvalue weighted by Gasteiger charge is 2.28. The van der Waals surface area contributed by atoms with Crippen molar-refractivity contribution in [2.45, 2.75) is 13.0 Å². The van der Waals surface area contributed by atoms with Gasteiger partial charge in [-0.2, -0.15) is 0 Å². The summed E-state index contributed by atoms with van der Waals surface area (Å²) < 4.78 is 5.22. The van der Waals surface area contributed by atoms with Crippen LogP contribution in [0.3, 0.4) is 0 Å². The van der Waals surface area contributed by atoms with Crippen LogP contribution in [-0.4, -0.2) is 59.2 Å².